The van der Waals surface area contributed by atoms with Crippen molar-refractivity contribution in [3.05, 3.63) is 32.6 Å². The Bertz CT molecular complexity index is 567. The highest BCUT2D eigenvalue weighted by Crippen LogP contribution is 2.27. The molecule has 2 N–H and O–H groups in total. The smallest absolute Gasteiger partial charge is 0.328 e. The van der Waals surface area contributed by atoms with Crippen LogP contribution in [0.2, 0.25) is 0 Å². The van der Waals surface area contributed by atoms with Crippen LogP contribution in [0.3, 0.4) is 0 Å². The molecule has 0 aliphatic heterocycles. The van der Waals surface area contributed by atoms with Crippen molar-refractivity contribution in [3.8, 4) is 6.07 Å². The number of nitriles is 1. The molecule has 1 saturated carbocycles. The summed E-state index contributed by atoms with van der Waals surface area (Å²) in [4.78, 5) is 25.0. The summed E-state index contributed by atoms with van der Waals surface area (Å²) in [5, 5.41) is 18.6. The minimum Gasteiger partial charge on any atom is -0.391 e. The van der Waals surface area contributed by atoms with Gasteiger partial charge in [-0.25, -0.2) is 4.79 Å². The standard InChI is InChI=1S/C11H13N3O3/c12-5-7-6-14(11(17)13-10(7)16)8-3-1-2-4-9(8)15/h6,8-9,15H,1-4H2,(H,13,16,17)/t8-,9-/m0/s1. The van der Waals surface area contributed by atoms with E-state index in [1.807, 2.05) is 0 Å². The van der Waals surface area contributed by atoms with E-state index in [1.54, 1.807) is 6.07 Å². The van der Waals surface area contributed by atoms with E-state index >= 15 is 0 Å². The lowest BCUT2D eigenvalue weighted by Gasteiger charge is -2.28. The van der Waals surface area contributed by atoms with Crippen molar-refractivity contribution in [2.24, 2.45) is 0 Å². The van der Waals surface area contributed by atoms with Gasteiger partial charge in [-0.1, -0.05) is 12.8 Å². The van der Waals surface area contributed by atoms with Crippen molar-refractivity contribution in [1.82, 2.24) is 9.55 Å². The molecule has 2 rings (SSSR count). The maximum absolute atomic E-state index is 11.6. The number of hydrogen-bond donors (Lipinski definition) is 2. The molecule has 90 valence electrons. The zero-order valence-corrected chi connectivity index (χ0v) is 9.22. The van der Waals surface area contributed by atoms with Crippen LogP contribution in [0.1, 0.15) is 37.3 Å². The Labute approximate surface area is 97.1 Å². The fourth-order valence-corrected chi connectivity index (χ4v) is 2.23. The normalized spacial score (nSPS) is 24.2. The van der Waals surface area contributed by atoms with Gasteiger partial charge in [0.1, 0.15) is 11.6 Å². The molecule has 6 nitrogen and oxygen atoms in total. The van der Waals surface area contributed by atoms with Crippen LogP contribution in [0.15, 0.2) is 15.8 Å². The number of nitrogens with one attached hydrogen (secondary N) is 1. The molecular weight excluding hydrogens is 222 g/mol. The summed E-state index contributed by atoms with van der Waals surface area (Å²) in [6, 6.07) is 1.38. The molecule has 1 heterocycles. The average Bonchev–Trinajstić information content (AvgIpc) is 2.31. The van der Waals surface area contributed by atoms with Crippen molar-refractivity contribution in [1.29, 1.82) is 5.26 Å². The third-order valence-electron chi connectivity index (χ3n) is 3.14. The summed E-state index contributed by atoms with van der Waals surface area (Å²) in [7, 11) is 0. The topological polar surface area (TPSA) is 98.9 Å². The van der Waals surface area contributed by atoms with Crippen LogP contribution in [0.4, 0.5) is 0 Å². The Hall–Kier alpha value is -1.87. The highest BCUT2D eigenvalue weighted by Gasteiger charge is 2.25. The number of aromatic amines is 1. The zero-order chi connectivity index (χ0) is 12.4. The van der Waals surface area contributed by atoms with Crippen LogP contribution < -0.4 is 11.2 Å². The number of H-pyrrole nitrogens is 1. The largest absolute Gasteiger partial charge is 0.391 e. The van der Waals surface area contributed by atoms with Crippen LogP contribution in [-0.2, 0) is 0 Å². The summed E-state index contributed by atoms with van der Waals surface area (Å²) < 4.78 is 1.27. The molecule has 0 radical (unpaired) electrons. The van der Waals surface area contributed by atoms with Crippen LogP contribution in [-0.4, -0.2) is 20.8 Å². The van der Waals surface area contributed by atoms with E-state index in [4.69, 9.17) is 5.26 Å². The predicted molar refractivity (Wildman–Crippen MR) is 59.5 cm³/mol. The van der Waals surface area contributed by atoms with E-state index in [0.717, 1.165) is 12.8 Å². The van der Waals surface area contributed by atoms with Crippen molar-refractivity contribution in [2.75, 3.05) is 0 Å². The monoisotopic (exact) mass is 235 g/mol. The van der Waals surface area contributed by atoms with Crippen LogP contribution in [0, 0.1) is 11.3 Å². The van der Waals surface area contributed by atoms with Gasteiger partial charge in [0.2, 0.25) is 0 Å². The Morgan fingerprint density at radius 1 is 1.41 bits per heavy atom. The minimum absolute atomic E-state index is 0.109. The van der Waals surface area contributed by atoms with Crippen molar-refractivity contribution in [2.45, 2.75) is 37.8 Å². The van der Waals surface area contributed by atoms with E-state index in [-0.39, 0.29) is 11.6 Å². The summed E-state index contributed by atoms with van der Waals surface area (Å²) >= 11 is 0. The maximum Gasteiger partial charge on any atom is 0.328 e. The fraction of sp³-hybridized carbons (Fsp3) is 0.545. The van der Waals surface area contributed by atoms with Crippen molar-refractivity contribution in [3.63, 3.8) is 0 Å². The van der Waals surface area contributed by atoms with Gasteiger partial charge in [0.05, 0.1) is 12.1 Å². The first kappa shape index (κ1) is 11.6. The number of aliphatic hydroxyl groups is 1. The average molecular weight is 235 g/mol. The summed E-state index contributed by atoms with van der Waals surface area (Å²) in [6.45, 7) is 0. The molecule has 17 heavy (non-hydrogen) atoms. The van der Waals surface area contributed by atoms with Crippen LogP contribution in [0.5, 0.6) is 0 Å². The molecule has 2 atom stereocenters. The lowest BCUT2D eigenvalue weighted by molar-refractivity contribution is 0.0729. The quantitative estimate of drug-likeness (QED) is 0.709. The molecule has 0 saturated heterocycles. The maximum atomic E-state index is 11.6. The second kappa shape index (κ2) is 4.55. The lowest BCUT2D eigenvalue weighted by Crippen LogP contribution is -2.38. The van der Waals surface area contributed by atoms with Gasteiger partial charge in [0.15, 0.2) is 0 Å². The first-order valence-corrected chi connectivity index (χ1v) is 5.57. The SMILES string of the molecule is N#Cc1cn([C@H]2CCCC[C@@H]2O)c(=O)[nH]c1=O. The van der Waals surface area contributed by atoms with E-state index in [0.29, 0.717) is 12.8 Å². The third-order valence-corrected chi connectivity index (χ3v) is 3.14. The molecular formula is C11H13N3O3. The summed E-state index contributed by atoms with van der Waals surface area (Å²) in [6.07, 6.45) is 3.81. The van der Waals surface area contributed by atoms with Gasteiger partial charge < -0.3 is 5.11 Å². The van der Waals surface area contributed by atoms with Gasteiger partial charge in [-0.2, -0.15) is 5.26 Å². The predicted octanol–water partition coefficient (Wildman–Crippen LogP) is -0.116. The first-order chi connectivity index (χ1) is 8.13. The fourth-order valence-electron chi connectivity index (χ4n) is 2.23. The molecule has 1 aliphatic rings. The van der Waals surface area contributed by atoms with Gasteiger partial charge in [0, 0.05) is 6.20 Å². The molecule has 6 heteroatoms. The summed E-state index contributed by atoms with van der Waals surface area (Å²) in [5.74, 6) is 0. The van der Waals surface area contributed by atoms with Crippen molar-refractivity contribution < 1.29 is 5.11 Å². The Morgan fingerprint density at radius 3 is 2.76 bits per heavy atom. The van der Waals surface area contributed by atoms with Crippen LogP contribution in [0.25, 0.3) is 0 Å². The van der Waals surface area contributed by atoms with E-state index in [1.165, 1.54) is 10.8 Å². The van der Waals surface area contributed by atoms with Gasteiger partial charge in [0.25, 0.3) is 5.56 Å². The number of aliphatic hydroxyl groups excluding tert-OH is 1. The number of rotatable bonds is 1. The molecule has 1 aromatic heterocycles. The zero-order valence-electron chi connectivity index (χ0n) is 9.22. The van der Waals surface area contributed by atoms with Gasteiger partial charge in [-0.15, -0.1) is 0 Å². The van der Waals surface area contributed by atoms with Gasteiger partial charge in [-0.05, 0) is 12.8 Å². The molecule has 0 aromatic carbocycles. The Morgan fingerprint density at radius 2 is 2.12 bits per heavy atom. The highest BCUT2D eigenvalue weighted by molar-refractivity contribution is 5.22. The Balaban J connectivity index is 2.48. The molecule has 0 unspecified atom stereocenters. The second-order valence-corrected chi connectivity index (χ2v) is 4.24. The second-order valence-electron chi connectivity index (χ2n) is 4.24. The van der Waals surface area contributed by atoms with E-state index < -0.39 is 17.4 Å². The van der Waals surface area contributed by atoms with Crippen molar-refractivity contribution >= 4 is 0 Å². The van der Waals surface area contributed by atoms with E-state index in [9.17, 15) is 14.7 Å². The molecule has 0 spiro atoms. The van der Waals surface area contributed by atoms with Crippen LogP contribution >= 0.6 is 0 Å². The highest BCUT2D eigenvalue weighted by atomic mass is 16.3. The number of hydrogen-bond acceptors (Lipinski definition) is 4. The number of aromatic nitrogens is 2. The lowest BCUT2D eigenvalue weighted by atomic mass is 9.92. The molecule has 0 amide bonds. The molecule has 1 aromatic rings. The minimum atomic E-state index is -0.681. The van der Waals surface area contributed by atoms with E-state index in [2.05, 4.69) is 4.98 Å². The van der Waals surface area contributed by atoms with Gasteiger partial charge >= 0.3 is 5.69 Å². The third kappa shape index (κ3) is 2.15. The van der Waals surface area contributed by atoms with Gasteiger partial charge in [-0.3, -0.25) is 14.3 Å². The molecule has 1 aliphatic carbocycles. The molecule has 1 fully saturated rings. The molecule has 0 bridgehead atoms. The first-order valence-electron chi connectivity index (χ1n) is 5.57. The number of nitrogens with zero attached hydrogens (tertiary/aromatic N) is 2. The Kier molecular flexibility index (Phi) is 3.11. The summed E-state index contributed by atoms with van der Waals surface area (Å²) in [5.41, 5.74) is -1.36.